The summed E-state index contributed by atoms with van der Waals surface area (Å²) in [6, 6.07) is 3.16. The molecule has 0 radical (unpaired) electrons. The number of hydrogen-bond acceptors (Lipinski definition) is 4. The van der Waals surface area contributed by atoms with Crippen LogP contribution in [0.2, 0.25) is 5.02 Å². The van der Waals surface area contributed by atoms with Gasteiger partial charge >= 0.3 is 12.2 Å². The first-order chi connectivity index (χ1) is 11.8. The van der Waals surface area contributed by atoms with Gasteiger partial charge in [0.1, 0.15) is 6.33 Å². The highest BCUT2D eigenvalue weighted by Crippen LogP contribution is 2.27. The summed E-state index contributed by atoms with van der Waals surface area (Å²) in [6.07, 6.45) is -4.70. The van der Waals surface area contributed by atoms with Crippen LogP contribution in [0.1, 0.15) is 23.9 Å². The fourth-order valence-corrected chi connectivity index (χ4v) is 2.28. The number of rotatable bonds is 6. The van der Waals surface area contributed by atoms with Gasteiger partial charge in [0, 0.05) is 6.54 Å². The van der Waals surface area contributed by atoms with Gasteiger partial charge in [-0.2, -0.15) is 5.10 Å². The SMILES string of the molecule is O=C(O)NC[C@@H](NC(=O)O)c1ccc(Cl)c(-n2ncnc2C(F)F)c1. The normalized spacial score (nSPS) is 12.0. The summed E-state index contributed by atoms with van der Waals surface area (Å²) in [5.41, 5.74) is 0.353. The third-order valence-corrected chi connectivity index (χ3v) is 3.44. The summed E-state index contributed by atoms with van der Waals surface area (Å²) in [7, 11) is 0. The minimum Gasteiger partial charge on any atom is -0.465 e. The van der Waals surface area contributed by atoms with Crippen LogP contribution in [-0.4, -0.2) is 43.7 Å². The van der Waals surface area contributed by atoms with E-state index in [0.29, 0.717) is 5.56 Å². The van der Waals surface area contributed by atoms with Crippen LogP contribution in [-0.2, 0) is 0 Å². The van der Waals surface area contributed by atoms with Crippen molar-refractivity contribution in [1.82, 2.24) is 25.4 Å². The Labute approximate surface area is 144 Å². The lowest BCUT2D eigenvalue weighted by Crippen LogP contribution is -2.36. The van der Waals surface area contributed by atoms with Gasteiger partial charge in [0.05, 0.1) is 16.8 Å². The van der Waals surface area contributed by atoms with E-state index in [1.807, 2.05) is 0 Å². The molecule has 25 heavy (non-hydrogen) atoms. The number of carbonyl (C=O) groups is 2. The lowest BCUT2D eigenvalue weighted by atomic mass is 10.1. The molecule has 0 spiro atoms. The molecule has 0 aliphatic heterocycles. The molecule has 0 saturated carbocycles. The average molecular weight is 376 g/mol. The predicted octanol–water partition coefficient (Wildman–Crippen LogP) is 2.43. The molecule has 0 aliphatic carbocycles. The minimum absolute atomic E-state index is 0.0551. The first-order valence-electron chi connectivity index (χ1n) is 6.73. The van der Waals surface area contributed by atoms with Crippen LogP contribution in [0.3, 0.4) is 0 Å². The third-order valence-electron chi connectivity index (χ3n) is 3.13. The van der Waals surface area contributed by atoms with Crippen LogP contribution in [0, 0.1) is 0 Å². The maximum atomic E-state index is 13.0. The van der Waals surface area contributed by atoms with Crippen molar-refractivity contribution in [2.75, 3.05) is 6.54 Å². The third kappa shape index (κ3) is 4.53. The topological polar surface area (TPSA) is 129 Å². The van der Waals surface area contributed by atoms with Crippen molar-refractivity contribution >= 4 is 23.8 Å². The summed E-state index contributed by atoms with van der Waals surface area (Å²) >= 11 is 6.02. The molecule has 134 valence electrons. The van der Waals surface area contributed by atoms with E-state index in [9.17, 15) is 18.4 Å². The molecule has 0 fully saturated rings. The van der Waals surface area contributed by atoms with Gasteiger partial charge in [0.2, 0.25) is 0 Å². The molecule has 2 amide bonds. The summed E-state index contributed by atoms with van der Waals surface area (Å²) in [5.74, 6) is -0.634. The highest BCUT2D eigenvalue weighted by molar-refractivity contribution is 6.32. The molecular weight excluding hydrogens is 364 g/mol. The Morgan fingerprint density at radius 3 is 2.60 bits per heavy atom. The molecule has 0 saturated heterocycles. The van der Waals surface area contributed by atoms with E-state index in [-0.39, 0.29) is 17.3 Å². The molecule has 2 aromatic rings. The Morgan fingerprint density at radius 1 is 1.28 bits per heavy atom. The fraction of sp³-hybridized carbons (Fsp3) is 0.231. The molecule has 1 atom stereocenters. The van der Waals surface area contributed by atoms with Crippen molar-refractivity contribution in [3.63, 3.8) is 0 Å². The molecule has 9 nitrogen and oxygen atoms in total. The van der Waals surface area contributed by atoms with Crippen LogP contribution in [0.5, 0.6) is 0 Å². The van der Waals surface area contributed by atoms with Crippen LogP contribution in [0.4, 0.5) is 18.4 Å². The quantitative estimate of drug-likeness (QED) is 0.613. The van der Waals surface area contributed by atoms with Gasteiger partial charge in [-0.15, -0.1) is 0 Å². The molecule has 0 bridgehead atoms. The zero-order valence-electron chi connectivity index (χ0n) is 12.4. The molecular formula is C13H12ClF2N5O4. The highest BCUT2D eigenvalue weighted by atomic mass is 35.5. The average Bonchev–Trinajstić information content (AvgIpc) is 3.01. The maximum absolute atomic E-state index is 13.0. The van der Waals surface area contributed by atoms with E-state index in [1.54, 1.807) is 0 Å². The predicted molar refractivity (Wildman–Crippen MR) is 81.3 cm³/mol. The van der Waals surface area contributed by atoms with Crippen LogP contribution in [0.15, 0.2) is 24.5 Å². The van der Waals surface area contributed by atoms with Crippen molar-refractivity contribution in [3.05, 3.63) is 40.9 Å². The van der Waals surface area contributed by atoms with Crippen molar-refractivity contribution < 1.29 is 28.6 Å². The largest absolute Gasteiger partial charge is 0.465 e. The number of carboxylic acid groups (broad SMARTS) is 2. The number of aromatic nitrogens is 3. The number of halogens is 3. The van der Waals surface area contributed by atoms with E-state index in [0.717, 1.165) is 11.0 Å². The second-order valence-corrected chi connectivity index (χ2v) is 5.14. The summed E-state index contributed by atoms with van der Waals surface area (Å²) in [6.45, 7) is -0.276. The molecule has 1 aromatic heterocycles. The van der Waals surface area contributed by atoms with Crippen molar-refractivity contribution in [2.45, 2.75) is 12.5 Å². The van der Waals surface area contributed by atoms with Gasteiger partial charge in [-0.1, -0.05) is 17.7 Å². The van der Waals surface area contributed by atoms with Crippen molar-refractivity contribution in [3.8, 4) is 5.69 Å². The smallest absolute Gasteiger partial charge is 0.405 e. The minimum atomic E-state index is -2.90. The number of benzene rings is 1. The second kappa shape index (κ2) is 7.75. The second-order valence-electron chi connectivity index (χ2n) is 4.73. The van der Waals surface area contributed by atoms with E-state index < -0.39 is 30.5 Å². The Balaban J connectivity index is 2.42. The molecule has 1 heterocycles. The van der Waals surface area contributed by atoms with Crippen molar-refractivity contribution in [1.29, 1.82) is 0 Å². The number of hydrogen-bond donors (Lipinski definition) is 4. The maximum Gasteiger partial charge on any atom is 0.405 e. The van der Waals surface area contributed by atoms with Crippen LogP contribution in [0.25, 0.3) is 5.69 Å². The van der Waals surface area contributed by atoms with E-state index in [1.165, 1.54) is 18.2 Å². The molecule has 0 aliphatic rings. The van der Waals surface area contributed by atoms with Gasteiger partial charge in [-0.05, 0) is 17.7 Å². The van der Waals surface area contributed by atoms with Crippen molar-refractivity contribution in [2.24, 2.45) is 0 Å². The zero-order chi connectivity index (χ0) is 18.6. The van der Waals surface area contributed by atoms with E-state index >= 15 is 0 Å². The van der Waals surface area contributed by atoms with Gasteiger partial charge in [0.25, 0.3) is 6.43 Å². The Morgan fingerprint density at radius 2 is 2.00 bits per heavy atom. The molecule has 0 unspecified atom stereocenters. The molecule has 2 rings (SSSR count). The lowest BCUT2D eigenvalue weighted by molar-refractivity contribution is 0.137. The Bertz CT molecular complexity index is 786. The van der Waals surface area contributed by atoms with Gasteiger partial charge in [-0.25, -0.2) is 28.0 Å². The fourth-order valence-electron chi connectivity index (χ4n) is 2.08. The van der Waals surface area contributed by atoms with Gasteiger partial charge in [-0.3, -0.25) is 0 Å². The summed E-state index contributed by atoms with van der Waals surface area (Å²) in [4.78, 5) is 25.0. The summed E-state index contributed by atoms with van der Waals surface area (Å²) < 4.78 is 26.8. The van der Waals surface area contributed by atoms with E-state index in [4.69, 9.17) is 21.8 Å². The Hall–Kier alpha value is -2.95. The first-order valence-corrected chi connectivity index (χ1v) is 7.11. The molecule has 4 N–H and O–H groups in total. The number of nitrogens with one attached hydrogen (secondary N) is 2. The highest BCUT2D eigenvalue weighted by Gasteiger charge is 2.21. The monoisotopic (exact) mass is 375 g/mol. The van der Waals surface area contributed by atoms with Gasteiger partial charge in [0.15, 0.2) is 5.82 Å². The first kappa shape index (κ1) is 18.4. The number of amides is 2. The standard InChI is InChI=1S/C13H12ClF2N5O4/c14-7-2-1-6(8(20-13(24)25)4-17-12(22)23)3-9(7)21-11(10(15)16)18-5-19-21/h1-3,5,8,10,17,20H,4H2,(H,22,23)(H,24,25)/t8-/m1/s1. The molecule has 12 heteroatoms. The Kier molecular flexibility index (Phi) is 5.70. The van der Waals surface area contributed by atoms with Gasteiger partial charge < -0.3 is 20.8 Å². The zero-order valence-corrected chi connectivity index (χ0v) is 13.1. The molecule has 1 aromatic carbocycles. The lowest BCUT2D eigenvalue weighted by Gasteiger charge is -2.19. The number of alkyl halides is 2. The van der Waals surface area contributed by atoms with Crippen LogP contribution < -0.4 is 10.6 Å². The summed E-state index contributed by atoms with van der Waals surface area (Å²) in [5, 5.41) is 25.5. The van der Waals surface area contributed by atoms with E-state index in [2.05, 4.69) is 20.7 Å². The number of nitrogens with zero attached hydrogens (tertiary/aromatic N) is 3. The van der Waals surface area contributed by atoms with Crippen LogP contribution >= 0.6 is 11.6 Å².